The van der Waals surface area contributed by atoms with Gasteiger partial charge < -0.3 is 90.4 Å². The number of hydrogen-bond acceptors (Lipinski definition) is 19. The standard InChI is InChI=1S/C78H105N9O19/c1-7-13-69-105-64-43-59-58-26-23-55-42-57(88)29-31-76(55,4)70(58)62(89)44-77(59,5)78(64,106-69)63(90)48-103-49-86(6)68(94)45-82-75(98)104-47-51-19-24-56(25-20-51)83-72(95)60(17-12-32-81-74(79)97)84-73(96)71(50(2)3)85-66(92)30-34-99-36-38-101-40-41-102-39-37-100-35-33-80-65(91)27-28-67(93)87-46-54-16-9-8-14-52(54)21-22-53-15-10-11-18-61(53)87/h8-11,14-16,18-22,24-25,29,31,42,50,58-60,62,64,69-71,89H,7,12-13,17,23,26-28,30,32-41,43-49H2,1-6H3,(H,80,91)(H,82,98)(H,83,95)(H,84,96)(H,85,92)(H3,79,81,97)/b22-21-/t58-,59-,60-,62-,64+,69?,70+,71-,76-,77-,78+/m0/s1. The second-order valence-corrected chi connectivity index (χ2v) is 28.7. The molecule has 4 aliphatic carbocycles. The molecule has 1 unspecified atom stereocenters. The Morgan fingerprint density at radius 1 is 0.764 bits per heavy atom. The van der Waals surface area contributed by atoms with Gasteiger partial charge in [-0.25, -0.2) is 9.59 Å². The van der Waals surface area contributed by atoms with Gasteiger partial charge in [0, 0.05) is 61.8 Å². The van der Waals surface area contributed by atoms with E-state index in [0.29, 0.717) is 63.3 Å². The zero-order chi connectivity index (χ0) is 76.0. The molecular weight excluding hydrogens is 1370 g/mol. The second-order valence-electron chi connectivity index (χ2n) is 28.7. The van der Waals surface area contributed by atoms with Crippen LogP contribution >= 0.6 is 0 Å². The van der Waals surface area contributed by atoms with Crippen molar-refractivity contribution in [3.63, 3.8) is 0 Å². The van der Waals surface area contributed by atoms with Crippen LogP contribution < -0.4 is 42.5 Å². The number of nitrogens with two attached hydrogens (primary N) is 1. The summed E-state index contributed by atoms with van der Waals surface area (Å²) in [4.78, 5) is 134. The van der Waals surface area contributed by atoms with Crippen LogP contribution in [-0.4, -0.2) is 198 Å². The number of ether oxygens (including phenoxy) is 8. The van der Waals surface area contributed by atoms with Gasteiger partial charge in [0.25, 0.3) is 0 Å². The van der Waals surface area contributed by atoms with Gasteiger partial charge >= 0.3 is 12.1 Å². The number of nitrogens with one attached hydrogen (secondary N) is 6. The first-order chi connectivity index (χ1) is 50.9. The SMILES string of the molecule is CCCC1O[C@@H]2C[C@H]3[C@@H]4CCC5=CC(=O)C=C[C@]5(C)[C@H]4[C@@H](O)C[C@]3(C)[C@]2(C(=O)COCN(C)C(=O)CNC(=O)OCc2ccc(NC(=O)[C@H](CCCNC(N)=O)NC(=O)[C@@H](NC(=O)CCOCCOCCOCCOCCNC(=O)CCC(=O)N3Cc4ccccc4/C=C\c4ccccc43)C(C)C)cc2)O1. The molecule has 0 radical (unpaired) electrons. The summed E-state index contributed by atoms with van der Waals surface area (Å²) in [6, 6.07) is 19.1. The molecule has 3 aromatic carbocycles. The molecule has 9 amide bonds. The van der Waals surface area contributed by atoms with E-state index in [1.54, 1.807) is 55.2 Å². The number of benzene rings is 3. The summed E-state index contributed by atoms with van der Waals surface area (Å²) in [7, 11) is 1.47. The van der Waals surface area contributed by atoms with Gasteiger partial charge in [0.05, 0.1) is 77.3 Å². The fraction of sp³-hybridized carbons (Fsp3) is 0.564. The molecule has 0 aromatic heterocycles. The molecule has 11 atom stereocenters. The number of amides is 9. The molecule has 1 saturated heterocycles. The highest BCUT2D eigenvalue weighted by atomic mass is 16.7. The van der Waals surface area contributed by atoms with Gasteiger partial charge in [-0.1, -0.05) is 119 Å². The Morgan fingerprint density at radius 3 is 2.17 bits per heavy atom. The van der Waals surface area contributed by atoms with Gasteiger partial charge in [-0.2, -0.15) is 0 Å². The molecule has 3 aromatic rings. The normalized spacial score (nSPS) is 24.0. The maximum Gasteiger partial charge on any atom is 0.407 e. The molecule has 2 heterocycles. The number of urea groups is 1. The molecule has 3 saturated carbocycles. The number of hydrogen-bond donors (Lipinski definition) is 8. The van der Waals surface area contributed by atoms with Crippen molar-refractivity contribution in [3.05, 3.63) is 119 Å². The van der Waals surface area contributed by atoms with Crippen LogP contribution in [0.15, 0.2) is 96.6 Å². The Labute approximate surface area is 619 Å². The van der Waals surface area contributed by atoms with Crippen molar-refractivity contribution in [3.8, 4) is 0 Å². The molecule has 106 heavy (non-hydrogen) atoms. The Hall–Kier alpha value is -8.74. The quantitative estimate of drug-likeness (QED) is 0.0234. The van der Waals surface area contributed by atoms with Crippen LogP contribution in [0.3, 0.4) is 0 Å². The van der Waals surface area contributed by atoms with Crippen LogP contribution in [0.4, 0.5) is 21.0 Å². The number of para-hydroxylation sites is 1. The summed E-state index contributed by atoms with van der Waals surface area (Å²) >= 11 is 0. The highest BCUT2D eigenvalue weighted by molar-refractivity contribution is 6.02. The van der Waals surface area contributed by atoms with E-state index in [-0.39, 0.29) is 139 Å². The Balaban J connectivity index is 0.618. The number of Topliss-reactive ketones (excluding diaryl/α,β-unsaturated/α-hetero) is 1. The van der Waals surface area contributed by atoms with E-state index in [1.165, 1.54) is 11.9 Å². The van der Waals surface area contributed by atoms with Crippen LogP contribution in [0.5, 0.6) is 0 Å². The number of fused-ring (bicyclic) bond motifs is 9. The number of aliphatic hydroxyl groups is 1. The topological polar surface area (TPSA) is 369 Å². The monoisotopic (exact) mass is 1470 g/mol. The van der Waals surface area contributed by atoms with Crippen molar-refractivity contribution < 1.29 is 90.9 Å². The highest BCUT2D eigenvalue weighted by Gasteiger charge is 2.76. The lowest BCUT2D eigenvalue weighted by Crippen LogP contribution is -2.63. The average Bonchev–Trinajstić information content (AvgIpc) is 1.50. The molecule has 9 N–H and O–H groups in total. The molecule has 6 aliphatic rings. The number of nitrogens with zero attached hydrogens (tertiary/aromatic N) is 2. The highest BCUT2D eigenvalue weighted by Crippen LogP contribution is 2.70. The van der Waals surface area contributed by atoms with Crippen molar-refractivity contribution in [1.29, 1.82) is 0 Å². The molecule has 28 nitrogen and oxygen atoms in total. The first-order valence-corrected chi connectivity index (χ1v) is 36.9. The maximum atomic E-state index is 14.7. The predicted molar refractivity (Wildman–Crippen MR) is 391 cm³/mol. The number of likely N-dealkylation sites (N-methyl/N-ethyl adjacent to an activating group) is 1. The van der Waals surface area contributed by atoms with Gasteiger partial charge in [0.15, 0.2) is 23.5 Å². The lowest BCUT2D eigenvalue weighted by atomic mass is 9.46. The average molecular weight is 1470 g/mol. The molecule has 0 bridgehead atoms. The van der Waals surface area contributed by atoms with E-state index < -0.39 is 95.9 Å². The summed E-state index contributed by atoms with van der Waals surface area (Å²) < 4.78 is 46.8. The third-order valence-electron chi connectivity index (χ3n) is 21.1. The van der Waals surface area contributed by atoms with Crippen LogP contribution in [0, 0.1) is 34.5 Å². The van der Waals surface area contributed by atoms with Gasteiger partial charge in [-0.15, -0.1) is 0 Å². The number of carbonyl (C=O) groups is 10. The predicted octanol–water partition coefficient (Wildman–Crippen LogP) is 6.17. The Bertz CT molecular complexity index is 3680. The number of allylic oxidation sites excluding steroid dienone is 4. The van der Waals surface area contributed by atoms with Crippen molar-refractivity contribution in [2.45, 2.75) is 155 Å². The lowest BCUT2D eigenvalue weighted by molar-refractivity contribution is -0.201. The third kappa shape index (κ3) is 20.9. The summed E-state index contributed by atoms with van der Waals surface area (Å²) in [5.74, 6) is -3.45. The fourth-order valence-corrected chi connectivity index (χ4v) is 15.7. The van der Waals surface area contributed by atoms with Gasteiger partial charge in [-0.3, -0.25) is 38.4 Å². The molecule has 576 valence electrons. The van der Waals surface area contributed by atoms with Gasteiger partial charge in [0.2, 0.25) is 35.4 Å². The van der Waals surface area contributed by atoms with Crippen LogP contribution in [0.2, 0.25) is 0 Å². The third-order valence-corrected chi connectivity index (χ3v) is 21.1. The zero-order valence-corrected chi connectivity index (χ0v) is 61.7. The number of ketones is 2. The van der Waals surface area contributed by atoms with Gasteiger partial charge in [-0.05, 0) is 115 Å². The first kappa shape index (κ1) is 81.3. The Kier molecular flexibility index (Phi) is 29.7. The number of primary amides is 1. The van der Waals surface area contributed by atoms with E-state index in [9.17, 15) is 53.1 Å². The first-order valence-electron chi connectivity index (χ1n) is 36.9. The molecule has 28 heteroatoms. The van der Waals surface area contributed by atoms with E-state index in [0.717, 1.165) is 40.8 Å². The minimum atomic E-state index is -1.39. The fourth-order valence-electron chi connectivity index (χ4n) is 15.7. The number of carbonyl (C=O) groups excluding carboxylic acids is 10. The zero-order valence-electron chi connectivity index (χ0n) is 61.7. The summed E-state index contributed by atoms with van der Waals surface area (Å²) in [5, 5.41) is 28.1. The summed E-state index contributed by atoms with van der Waals surface area (Å²) in [6.07, 6.45) is 10.5. The summed E-state index contributed by atoms with van der Waals surface area (Å²) in [5.41, 5.74) is 8.27. The largest absolute Gasteiger partial charge is 0.445 e. The number of rotatable bonds is 39. The van der Waals surface area contributed by atoms with Crippen LogP contribution in [0.25, 0.3) is 12.2 Å². The lowest BCUT2D eigenvalue weighted by Gasteiger charge is -2.59. The molecule has 0 spiro atoms. The minimum Gasteiger partial charge on any atom is -0.445 e. The van der Waals surface area contributed by atoms with Crippen LogP contribution in [0.1, 0.15) is 128 Å². The Morgan fingerprint density at radius 2 is 1.45 bits per heavy atom. The number of anilines is 2. The molecule has 4 fully saturated rings. The van der Waals surface area contributed by atoms with Crippen molar-refractivity contribution >= 4 is 82.7 Å². The second kappa shape index (κ2) is 38.7. The van der Waals surface area contributed by atoms with Crippen molar-refractivity contribution in [2.75, 3.05) is 103 Å². The smallest absolute Gasteiger partial charge is 0.407 e. The van der Waals surface area contributed by atoms with E-state index in [1.807, 2.05) is 74.5 Å². The maximum absolute atomic E-state index is 14.7. The van der Waals surface area contributed by atoms with Gasteiger partial charge in [0.1, 0.15) is 38.6 Å². The molecule has 9 rings (SSSR count). The molecular formula is C78H105N9O19. The van der Waals surface area contributed by atoms with Crippen molar-refractivity contribution in [2.24, 2.45) is 40.2 Å². The number of aliphatic hydroxyl groups excluding tert-OH is 1. The molecule has 2 aliphatic heterocycles. The summed E-state index contributed by atoms with van der Waals surface area (Å²) in [6.45, 7) is 11.1. The number of alkyl carbamates (subject to hydrolysis) is 1. The van der Waals surface area contributed by atoms with Crippen LogP contribution in [-0.2, 0) is 89.4 Å². The minimum absolute atomic E-state index is 0.0167. The van der Waals surface area contributed by atoms with Crippen molar-refractivity contribution in [1.82, 2.24) is 31.5 Å². The van der Waals surface area contributed by atoms with E-state index >= 15 is 0 Å². The van der Waals surface area contributed by atoms with E-state index in [4.69, 9.17) is 43.6 Å². The van der Waals surface area contributed by atoms with E-state index in [2.05, 4.69) is 44.9 Å².